The standard InChI is InChI=1S/C21H17ClN2O2/c1-2-26-21(25)19-14-18(12-11-15-7-6-10-17(22)13-15)23-20(24-19)16-8-4-3-5-9-16/h3-14H,2H2,1H3. The molecule has 1 heterocycles. The van der Waals surface area contributed by atoms with Crippen molar-refractivity contribution in [2.75, 3.05) is 6.61 Å². The molecule has 1 aromatic heterocycles. The highest BCUT2D eigenvalue weighted by Crippen LogP contribution is 2.18. The van der Waals surface area contributed by atoms with Crippen LogP contribution < -0.4 is 0 Å². The van der Waals surface area contributed by atoms with Crippen LogP contribution in [-0.4, -0.2) is 22.5 Å². The Morgan fingerprint density at radius 1 is 1.04 bits per heavy atom. The van der Waals surface area contributed by atoms with Gasteiger partial charge in [0.05, 0.1) is 12.3 Å². The molecular weight excluding hydrogens is 348 g/mol. The Hall–Kier alpha value is -2.98. The van der Waals surface area contributed by atoms with Gasteiger partial charge in [-0.15, -0.1) is 0 Å². The number of esters is 1. The van der Waals surface area contributed by atoms with Crippen LogP contribution in [0.25, 0.3) is 23.5 Å². The SMILES string of the molecule is CCOC(=O)c1cc(C=Cc2cccc(Cl)c2)nc(-c2ccccc2)n1. The minimum Gasteiger partial charge on any atom is -0.461 e. The molecule has 130 valence electrons. The van der Waals surface area contributed by atoms with Crippen LogP contribution in [0.2, 0.25) is 5.02 Å². The van der Waals surface area contributed by atoms with Gasteiger partial charge in [-0.05, 0) is 36.8 Å². The van der Waals surface area contributed by atoms with E-state index in [2.05, 4.69) is 9.97 Å². The van der Waals surface area contributed by atoms with Crippen LogP contribution in [-0.2, 0) is 4.74 Å². The highest BCUT2D eigenvalue weighted by atomic mass is 35.5. The van der Waals surface area contributed by atoms with E-state index in [9.17, 15) is 4.79 Å². The zero-order valence-corrected chi connectivity index (χ0v) is 15.0. The number of halogens is 1. The molecule has 3 aromatic rings. The highest BCUT2D eigenvalue weighted by Gasteiger charge is 2.13. The average Bonchev–Trinajstić information content (AvgIpc) is 2.67. The molecule has 0 aliphatic carbocycles. The fraction of sp³-hybridized carbons (Fsp3) is 0.0952. The maximum absolute atomic E-state index is 12.1. The van der Waals surface area contributed by atoms with Crippen LogP contribution in [0.5, 0.6) is 0 Å². The molecule has 0 aliphatic rings. The quantitative estimate of drug-likeness (QED) is 0.588. The molecule has 0 spiro atoms. The van der Waals surface area contributed by atoms with Crippen LogP contribution in [0.1, 0.15) is 28.7 Å². The molecule has 26 heavy (non-hydrogen) atoms. The molecule has 0 radical (unpaired) electrons. The second kappa shape index (κ2) is 8.41. The minimum absolute atomic E-state index is 0.228. The molecule has 5 heteroatoms. The maximum Gasteiger partial charge on any atom is 0.357 e. The maximum atomic E-state index is 12.1. The number of aromatic nitrogens is 2. The van der Waals surface area contributed by atoms with Crippen molar-refractivity contribution in [2.45, 2.75) is 6.92 Å². The normalized spacial score (nSPS) is 10.8. The molecule has 0 fully saturated rings. The first-order chi connectivity index (χ1) is 12.7. The summed E-state index contributed by atoms with van der Waals surface area (Å²) in [5.41, 5.74) is 2.61. The first kappa shape index (κ1) is 17.8. The lowest BCUT2D eigenvalue weighted by Gasteiger charge is -2.06. The Bertz CT molecular complexity index is 940. The summed E-state index contributed by atoms with van der Waals surface area (Å²) in [5, 5.41) is 0.659. The lowest BCUT2D eigenvalue weighted by Crippen LogP contribution is -2.09. The van der Waals surface area contributed by atoms with E-state index in [1.807, 2.05) is 66.7 Å². The number of hydrogen-bond acceptors (Lipinski definition) is 4. The van der Waals surface area contributed by atoms with E-state index in [1.54, 1.807) is 13.0 Å². The van der Waals surface area contributed by atoms with Crippen LogP contribution >= 0.6 is 11.6 Å². The summed E-state index contributed by atoms with van der Waals surface area (Å²) >= 11 is 6.01. The zero-order chi connectivity index (χ0) is 18.4. The molecule has 2 aromatic carbocycles. The molecule has 3 rings (SSSR count). The molecule has 0 atom stereocenters. The first-order valence-electron chi connectivity index (χ1n) is 8.21. The average molecular weight is 365 g/mol. The Morgan fingerprint density at radius 3 is 2.58 bits per heavy atom. The van der Waals surface area contributed by atoms with Crippen molar-refractivity contribution in [3.63, 3.8) is 0 Å². The van der Waals surface area contributed by atoms with E-state index in [0.717, 1.165) is 11.1 Å². The van der Waals surface area contributed by atoms with Gasteiger partial charge in [-0.2, -0.15) is 0 Å². The Kier molecular flexibility index (Phi) is 5.77. The van der Waals surface area contributed by atoms with Gasteiger partial charge >= 0.3 is 5.97 Å². The summed E-state index contributed by atoms with van der Waals surface area (Å²) in [7, 11) is 0. The van der Waals surface area contributed by atoms with Crippen LogP contribution in [0.4, 0.5) is 0 Å². The van der Waals surface area contributed by atoms with Crippen LogP contribution in [0, 0.1) is 0 Å². The fourth-order valence-corrected chi connectivity index (χ4v) is 2.57. The van der Waals surface area contributed by atoms with Crippen molar-refractivity contribution in [3.8, 4) is 11.4 Å². The molecule has 0 saturated carbocycles. The molecule has 0 unspecified atom stereocenters. The van der Waals surface area contributed by atoms with Crippen LogP contribution in [0.3, 0.4) is 0 Å². The summed E-state index contributed by atoms with van der Waals surface area (Å²) < 4.78 is 5.08. The molecule has 0 N–H and O–H groups in total. The van der Waals surface area contributed by atoms with Gasteiger partial charge in [-0.3, -0.25) is 0 Å². The summed E-state index contributed by atoms with van der Waals surface area (Å²) in [6.45, 7) is 2.05. The second-order valence-electron chi connectivity index (χ2n) is 5.48. The van der Waals surface area contributed by atoms with Crippen LogP contribution in [0.15, 0.2) is 60.7 Å². The van der Waals surface area contributed by atoms with Gasteiger partial charge in [-0.1, -0.05) is 60.1 Å². The van der Waals surface area contributed by atoms with Gasteiger partial charge in [0, 0.05) is 10.6 Å². The van der Waals surface area contributed by atoms with Gasteiger partial charge < -0.3 is 4.74 Å². The number of rotatable bonds is 5. The number of benzene rings is 2. The van der Waals surface area contributed by atoms with Crippen molar-refractivity contribution in [1.29, 1.82) is 0 Å². The number of carbonyl (C=O) groups excluding carboxylic acids is 1. The molecule has 0 amide bonds. The van der Waals surface area contributed by atoms with E-state index < -0.39 is 5.97 Å². The fourth-order valence-electron chi connectivity index (χ4n) is 2.37. The predicted molar refractivity (Wildman–Crippen MR) is 104 cm³/mol. The van der Waals surface area contributed by atoms with E-state index in [0.29, 0.717) is 16.5 Å². The Balaban J connectivity index is 2.00. The predicted octanol–water partition coefficient (Wildman–Crippen LogP) is 5.14. The smallest absolute Gasteiger partial charge is 0.357 e. The zero-order valence-electron chi connectivity index (χ0n) is 14.2. The number of nitrogens with zero attached hydrogens (tertiary/aromatic N) is 2. The van der Waals surface area contributed by atoms with Gasteiger partial charge in [0.1, 0.15) is 0 Å². The van der Waals surface area contributed by atoms with E-state index in [4.69, 9.17) is 16.3 Å². The molecule has 0 aliphatic heterocycles. The third-order valence-corrected chi connectivity index (χ3v) is 3.79. The summed E-state index contributed by atoms with van der Waals surface area (Å²) in [4.78, 5) is 21.0. The monoisotopic (exact) mass is 364 g/mol. The number of hydrogen-bond donors (Lipinski definition) is 0. The van der Waals surface area contributed by atoms with Crippen molar-refractivity contribution in [3.05, 3.63) is 82.6 Å². The third-order valence-electron chi connectivity index (χ3n) is 3.56. The molecule has 4 nitrogen and oxygen atoms in total. The van der Waals surface area contributed by atoms with Crippen molar-refractivity contribution < 1.29 is 9.53 Å². The third kappa shape index (κ3) is 4.55. The van der Waals surface area contributed by atoms with Crippen molar-refractivity contribution in [1.82, 2.24) is 9.97 Å². The lowest BCUT2D eigenvalue weighted by atomic mass is 10.1. The largest absolute Gasteiger partial charge is 0.461 e. The van der Waals surface area contributed by atoms with E-state index in [-0.39, 0.29) is 12.3 Å². The van der Waals surface area contributed by atoms with Gasteiger partial charge in [-0.25, -0.2) is 14.8 Å². The molecule has 0 bridgehead atoms. The lowest BCUT2D eigenvalue weighted by molar-refractivity contribution is 0.0519. The second-order valence-corrected chi connectivity index (χ2v) is 5.91. The van der Waals surface area contributed by atoms with E-state index in [1.165, 1.54) is 0 Å². The molecule has 0 saturated heterocycles. The van der Waals surface area contributed by atoms with Gasteiger partial charge in [0.15, 0.2) is 11.5 Å². The summed E-state index contributed by atoms with van der Waals surface area (Å²) in [6.07, 6.45) is 3.71. The van der Waals surface area contributed by atoms with Crippen molar-refractivity contribution in [2.24, 2.45) is 0 Å². The van der Waals surface area contributed by atoms with Gasteiger partial charge in [0.25, 0.3) is 0 Å². The van der Waals surface area contributed by atoms with Crippen molar-refractivity contribution >= 4 is 29.7 Å². The Labute approximate surface area is 157 Å². The topological polar surface area (TPSA) is 52.1 Å². The minimum atomic E-state index is -0.468. The number of carbonyl (C=O) groups is 1. The number of ether oxygens (including phenoxy) is 1. The summed E-state index contributed by atoms with van der Waals surface area (Å²) in [5.74, 6) is 0.00591. The molecular formula is C21H17ClN2O2. The van der Waals surface area contributed by atoms with E-state index >= 15 is 0 Å². The Morgan fingerprint density at radius 2 is 1.85 bits per heavy atom. The summed E-state index contributed by atoms with van der Waals surface area (Å²) in [6, 6.07) is 18.6. The van der Waals surface area contributed by atoms with Gasteiger partial charge in [0.2, 0.25) is 0 Å². The highest BCUT2D eigenvalue weighted by molar-refractivity contribution is 6.30. The first-order valence-corrected chi connectivity index (χ1v) is 8.59.